The number of unbranched alkanes of at least 4 members (excludes halogenated alkanes) is 4. The Kier molecular flexibility index (Phi) is 46.2. The number of hydrogen-bond acceptors (Lipinski definition) is 32. The van der Waals surface area contributed by atoms with Gasteiger partial charge < -0.3 is 107 Å². The summed E-state index contributed by atoms with van der Waals surface area (Å²) >= 11 is 12.5. The zero-order valence-electron chi connectivity index (χ0n) is 64.2. The molecule has 2 aliphatic rings. The molecule has 2 aliphatic heterocycles. The molecule has 4 aromatic carbocycles. The fourth-order valence-electron chi connectivity index (χ4n) is 10.6. The van der Waals surface area contributed by atoms with Crippen LogP contribution in [0.5, 0.6) is 28.7 Å². The van der Waals surface area contributed by atoms with E-state index in [4.69, 9.17) is 112 Å². The van der Waals surface area contributed by atoms with Crippen molar-refractivity contribution in [3.05, 3.63) is 122 Å². The Morgan fingerprint density at radius 3 is 1.38 bits per heavy atom. The van der Waals surface area contributed by atoms with Crippen molar-refractivity contribution in [2.24, 2.45) is 5.92 Å². The molecule has 0 bridgehead atoms. The number of amides is 2. The molecule has 116 heavy (non-hydrogen) atoms. The van der Waals surface area contributed by atoms with E-state index < -0.39 is 67.4 Å². The van der Waals surface area contributed by atoms with Crippen molar-refractivity contribution in [3.63, 3.8) is 0 Å². The van der Waals surface area contributed by atoms with Crippen molar-refractivity contribution in [2.45, 2.75) is 63.9 Å². The smallest absolute Gasteiger partial charge is 0.474 e. The highest BCUT2D eigenvalue weighted by atomic mass is 35.5. The predicted octanol–water partition coefficient (Wildman–Crippen LogP) is 9.04. The SMILES string of the molecule is C=C(CC)C(=O)c1ccc(OCC(=O)NCCCCC(CO)COP(=O)(O)OCCOCCOCCOCCOCCOCCOP(=O)(O)OCCOCCOCCOCCOCCOCCOP(=O)(O)OCOP(=O)(O)OCCCCCCNC(=O)c2ccc3c(c2)C2(OC3=O)c3ccc(O)cc3Oc3cc(O)ccc32)c(Cl)c1Cl. The number of ketones is 1. The zero-order valence-corrected chi connectivity index (χ0v) is 69.3. The van der Waals surface area contributed by atoms with Gasteiger partial charge >= 0.3 is 37.3 Å². The predicted molar refractivity (Wildman–Crippen MR) is 412 cm³/mol. The van der Waals surface area contributed by atoms with Gasteiger partial charge in [-0.3, -0.25) is 50.6 Å². The number of esters is 1. The van der Waals surface area contributed by atoms with Crippen LogP contribution >= 0.6 is 54.5 Å². The second-order valence-electron chi connectivity index (χ2n) is 25.0. The van der Waals surface area contributed by atoms with E-state index in [2.05, 4.69) is 26.3 Å². The van der Waals surface area contributed by atoms with E-state index >= 15 is 0 Å². The summed E-state index contributed by atoms with van der Waals surface area (Å²) in [5.41, 5.74) is 0.710. The van der Waals surface area contributed by atoms with E-state index in [0.29, 0.717) is 93.4 Å². The fraction of sp³-hybridized carbons (Fsp3) is 0.583. The number of aliphatic hydroxyl groups is 1. The van der Waals surface area contributed by atoms with Crippen LogP contribution < -0.4 is 20.1 Å². The highest BCUT2D eigenvalue weighted by molar-refractivity contribution is 7.48. The van der Waals surface area contributed by atoms with Gasteiger partial charge in [0.2, 0.25) is 0 Å². The Balaban J connectivity index is 0.617. The van der Waals surface area contributed by atoms with Crippen molar-refractivity contribution in [1.82, 2.24) is 10.6 Å². The van der Waals surface area contributed by atoms with Gasteiger partial charge in [-0.1, -0.05) is 56.0 Å². The Bertz CT molecular complexity index is 3830. The lowest BCUT2D eigenvalue weighted by Gasteiger charge is -2.36. The number of rotatable bonds is 68. The van der Waals surface area contributed by atoms with Gasteiger partial charge in [0, 0.05) is 65.6 Å². The number of phosphoric ester groups is 4. The summed E-state index contributed by atoms with van der Waals surface area (Å²) < 4.78 is 159. The van der Waals surface area contributed by atoms with Crippen molar-refractivity contribution >= 4 is 78.1 Å². The molecule has 38 nitrogen and oxygen atoms in total. The number of halogens is 2. The Morgan fingerprint density at radius 1 is 0.491 bits per heavy atom. The maximum atomic E-state index is 13.3. The van der Waals surface area contributed by atoms with Crippen molar-refractivity contribution in [3.8, 4) is 28.7 Å². The van der Waals surface area contributed by atoms with Crippen LogP contribution in [0.15, 0.2) is 78.9 Å². The lowest BCUT2D eigenvalue weighted by Crippen LogP contribution is -2.33. The highest BCUT2D eigenvalue weighted by Gasteiger charge is 2.54. The maximum Gasteiger partial charge on any atom is 0.474 e. The number of benzene rings is 4. The Labute approximate surface area is 681 Å². The van der Waals surface area contributed by atoms with Gasteiger partial charge in [0.05, 0.1) is 182 Å². The number of phenolic OH excluding ortho intramolecular Hbond substituents is 2. The zero-order chi connectivity index (χ0) is 84.1. The first-order valence-corrected chi connectivity index (χ1v) is 43.9. The third-order valence-corrected chi connectivity index (χ3v) is 21.2. The Morgan fingerprint density at radius 2 is 0.914 bits per heavy atom. The third kappa shape index (κ3) is 36.8. The molecular formula is C72H104Cl2N2O36P4. The summed E-state index contributed by atoms with van der Waals surface area (Å²) in [6.07, 6.45) is 4.02. The number of phenols is 2. The number of Topliss-reactive ketones (excluding diaryl/α,β-unsaturated/α-hetero) is 1. The molecule has 5 unspecified atom stereocenters. The van der Waals surface area contributed by atoms with E-state index in [-0.39, 0.29) is 240 Å². The molecule has 2 amide bonds. The number of ether oxygens (including phenoxy) is 13. The molecule has 9 N–H and O–H groups in total. The van der Waals surface area contributed by atoms with Gasteiger partial charge in [0.15, 0.2) is 24.8 Å². The van der Waals surface area contributed by atoms with E-state index in [1.165, 1.54) is 48.5 Å². The van der Waals surface area contributed by atoms with Crippen LogP contribution in [0.25, 0.3) is 0 Å². The van der Waals surface area contributed by atoms with Crippen molar-refractivity contribution < 1.29 is 170 Å². The summed E-state index contributed by atoms with van der Waals surface area (Å²) in [6.45, 7) is 6.55. The molecule has 2 heterocycles. The van der Waals surface area contributed by atoms with Crippen LogP contribution in [0.2, 0.25) is 10.0 Å². The molecule has 4 aromatic rings. The number of nitrogens with one attached hydrogen (secondary N) is 2. The van der Waals surface area contributed by atoms with E-state index in [0.717, 1.165) is 0 Å². The molecule has 0 fully saturated rings. The Hall–Kier alpha value is -5.52. The van der Waals surface area contributed by atoms with Gasteiger partial charge in [0.25, 0.3) is 11.8 Å². The maximum absolute atomic E-state index is 13.3. The largest absolute Gasteiger partial charge is 0.508 e. The van der Waals surface area contributed by atoms with Gasteiger partial charge in [-0.15, -0.1) is 0 Å². The monoisotopic (exact) mass is 1770 g/mol. The standard InChI is InChI=1S/C72H104Cl2N2O36P4/c1-3-53(2)69(81)59-15-18-63(68(74)67(59)73)102-51-66(80)75-19-8-6-10-54(49-77)50-108-114(86,87)106-44-40-100-36-32-96-28-24-92-22-26-94-30-34-98-38-42-104-113(84,85)105-43-39-99-35-31-95-27-23-93-25-29-97-33-37-101-41-45-107-116(90,91)110-52-109-115(88,89)103-21-9-5-4-7-20-76-70(82)55-11-14-58-62(46-55)72(112-71(58)83)60-16-12-56(78)47-64(60)111-65-48-57(79)13-17-61(65)72/h11-18,46-48,54,77-79H,2-10,19-45,49-52H2,1H3,(H,75,80)(H,76,82)(H,84,85)(H,86,87)(H,88,89)(H,90,91). The third-order valence-electron chi connectivity index (χ3n) is 16.5. The molecule has 0 aliphatic carbocycles. The quantitative estimate of drug-likeness (QED) is 0.00497. The molecule has 0 saturated carbocycles. The minimum atomic E-state index is -4.69. The molecule has 44 heteroatoms. The fourth-order valence-corrected chi connectivity index (χ4v) is 13.8. The van der Waals surface area contributed by atoms with Crippen LogP contribution in [-0.2, 0) is 117 Å². The van der Waals surface area contributed by atoms with Gasteiger partial charge in [-0.25, -0.2) is 23.1 Å². The lowest BCUT2D eigenvalue weighted by molar-refractivity contribution is -0.123. The van der Waals surface area contributed by atoms with Crippen LogP contribution in [0.3, 0.4) is 0 Å². The summed E-state index contributed by atoms with van der Waals surface area (Å²) in [6, 6.07) is 16.2. The molecule has 1 spiro atoms. The minimum absolute atomic E-state index is 0.000412. The number of fused-ring (bicyclic) bond motifs is 6. The van der Waals surface area contributed by atoms with E-state index in [1.54, 1.807) is 25.1 Å². The average molecular weight is 1770 g/mol. The van der Waals surface area contributed by atoms with Crippen LogP contribution in [0, 0.1) is 5.92 Å². The number of aromatic hydroxyl groups is 2. The number of carbonyl (C=O) groups excluding carboxylic acids is 4. The number of carbonyl (C=O) groups is 4. The summed E-state index contributed by atoms with van der Waals surface area (Å²) in [5.74, 6) is -1.92. The first kappa shape index (κ1) is 99.3. The average Bonchev–Trinajstić information content (AvgIpc) is 1.50. The molecule has 0 aromatic heterocycles. The summed E-state index contributed by atoms with van der Waals surface area (Å²) in [4.78, 5) is 91.2. The molecule has 6 rings (SSSR count). The first-order valence-electron chi connectivity index (χ1n) is 37.2. The first-order chi connectivity index (χ1) is 55.7. The molecule has 0 radical (unpaired) electrons. The molecule has 5 atom stereocenters. The number of allylic oxidation sites excluding steroid dienone is 1. The molecule has 652 valence electrons. The lowest BCUT2D eigenvalue weighted by atomic mass is 9.77. The van der Waals surface area contributed by atoms with Crippen molar-refractivity contribution in [2.75, 3.05) is 205 Å². The number of aliphatic hydroxyl groups excluding tert-OH is 1. The highest BCUT2D eigenvalue weighted by Crippen LogP contribution is 2.57. The number of hydrogen-bond donors (Lipinski definition) is 9. The van der Waals surface area contributed by atoms with Crippen LogP contribution in [0.1, 0.15) is 106 Å². The van der Waals surface area contributed by atoms with E-state index in [1.807, 2.05) is 0 Å². The topological polar surface area (TPSA) is 496 Å². The van der Waals surface area contributed by atoms with Gasteiger partial charge in [-0.05, 0) is 92.3 Å². The van der Waals surface area contributed by atoms with Crippen LogP contribution in [-0.4, -0.2) is 263 Å². The second kappa shape index (κ2) is 54.0. The van der Waals surface area contributed by atoms with E-state index in [9.17, 15) is 72.3 Å². The normalized spacial score (nSPS) is 15.1. The molecule has 0 saturated heterocycles. The second-order valence-corrected chi connectivity index (χ2v) is 31.6. The van der Waals surface area contributed by atoms with Crippen LogP contribution in [0.4, 0.5) is 0 Å². The summed E-state index contributed by atoms with van der Waals surface area (Å²) in [7, 11) is -18.1. The minimum Gasteiger partial charge on any atom is -0.508 e. The van der Waals surface area contributed by atoms with Gasteiger partial charge in [0.1, 0.15) is 33.8 Å². The van der Waals surface area contributed by atoms with Gasteiger partial charge in [-0.2, -0.15) is 0 Å². The summed E-state index contributed by atoms with van der Waals surface area (Å²) in [5, 5.41) is 35.7. The number of phosphoric acid groups is 4. The van der Waals surface area contributed by atoms with Crippen molar-refractivity contribution in [1.29, 1.82) is 0 Å². The molecular weight excluding hydrogens is 1660 g/mol.